The van der Waals surface area contributed by atoms with Crippen molar-refractivity contribution >= 4 is 0 Å². The molecule has 0 aromatic carbocycles. The Morgan fingerprint density at radius 2 is 2.12 bits per heavy atom. The van der Waals surface area contributed by atoms with Gasteiger partial charge < -0.3 is 19.3 Å². The fourth-order valence-corrected chi connectivity index (χ4v) is 4.67. The Balaban J connectivity index is 1.46. The zero-order chi connectivity index (χ0) is 18.3. The Hall–Kier alpha value is -1.84. The Kier molecular flexibility index (Phi) is 4.54. The van der Waals surface area contributed by atoms with Crippen LogP contribution in [0.2, 0.25) is 0 Å². The van der Waals surface area contributed by atoms with Crippen molar-refractivity contribution in [3.8, 4) is 0 Å². The molecule has 0 amide bonds. The minimum atomic E-state index is -0.0801. The maximum absolute atomic E-state index is 10.5. The van der Waals surface area contributed by atoms with E-state index in [1.807, 2.05) is 6.92 Å². The number of fused-ring (bicyclic) bond motifs is 2. The summed E-state index contributed by atoms with van der Waals surface area (Å²) < 4.78 is 18.0. The Morgan fingerprint density at radius 3 is 2.88 bits per heavy atom. The smallest absolute Gasteiger partial charge is 0.122 e. The summed E-state index contributed by atoms with van der Waals surface area (Å²) in [5.41, 5.74) is 1.20. The zero-order valence-corrected chi connectivity index (χ0v) is 16.1. The topological polar surface area (TPSA) is 47.9 Å². The van der Waals surface area contributed by atoms with Gasteiger partial charge in [0.2, 0.25) is 0 Å². The summed E-state index contributed by atoms with van der Waals surface area (Å²) in [4.78, 5) is 0. The second kappa shape index (κ2) is 6.71. The number of allylic oxidation sites excluding steroid dienone is 6. The quantitative estimate of drug-likeness (QED) is 0.758. The van der Waals surface area contributed by atoms with E-state index in [0.29, 0.717) is 30.8 Å². The van der Waals surface area contributed by atoms with Crippen molar-refractivity contribution in [1.29, 1.82) is 0 Å². The van der Waals surface area contributed by atoms with E-state index in [-0.39, 0.29) is 11.5 Å². The van der Waals surface area contributed by atoms with Gasteiger partial charge in [-0.1, -0.05) is 0 Å². The van der Waals surface area contributed by atoms with Gasteiger partial charge in [-0.2, -0.15) is 0 Å². The SMILES string of the molecule is CCOC1=CCC([C@@H]2COC3=C4CCC(C)(C)OC4=CCC3C2)C(O)=C1. The number of aliphatic hydroxyl groups excluding tert-OH is 1. The van der Waals surface area contributed by atoms with E-state index in [0.717, 1.165) is 49.4 Å². The van der Waals surface area contributed by atoms with Crippen LogP contribution in [-0.4, -0.2) is 23.9 Å². The van der Waals surface area contributed by atoms with Gasteiger partial charge in [0, 0.05) is 29.4 Å². The van der Waals surface area contributed by atoms with E-state index in [1.165, 1.54) is 5.57 Å². The van der Waals surface area contributed by atoms with Gasteiger partial charge in [-0.3, -0.25) is 0 Å². The number of aliphatic hydroxyl groups is 1. The molecule has 2 fully saturated rings. The van der Waals surface area contributed by atoms with Crippen LogP contribution in [0.25, 0.3) is 0 Å². The molecule has 0 spiro atoms. The summed E-state index contributed by atoms with van der Waals surface area (Å²) in [5.74, 6) is 4.31. The normalized spacial score (nSPS) is 32.9. The fourth-order valence-electron chi connectivity index (χ4n) is 4.67. The molecule has 2 heterocycles. The van der Waals surface area contributed by atoms with Gasteiger partial charge in [0.05, 0.1) is 19.0 Å². The molecule has 2 unspecified atom stereocenters. The van der Waals surface area contributed by atoms with Crippen LogP contribution in [0.5, 0.6) is 0 Å². The average molecular weight is 358 g/mol. The van der Waals surface area contributed by atoms with E-state index in [9.17, 15) is 5.11 Å². The summed E-state index contributed by atoms with van der Waals surface area (Å²) in [6, 6.07) is 0. The highest BCUT2D eigenvalue weighted by molar-refractivity contribution is 5.37. The molecule has 142 valence electrons. The summed E-state index contributed by atoms with van der Waals surface area (Å²) >= 11 is 0. The molecule has 4 rings (SSSR count). The minimum absolute atomic E-state index is 0.0801. The lowest BCUT2D eigenvalue weighted by Gasteiger charge is -2.42. The number of hydrogen-bond donors (Lipinski definition) is 1. The third kappa shape index (κ3) is 3.26. The summed E-state index contributed by atoms with van der Waals surface area (Å²) in [6.45, 7) is 7.57. The number of ether oxygens (including phenoxy) is 3. The van der Waals surface area contributed by atoms with Gasteiger partial charge in [-0.15, -0.1) is 0 Å². The first-order valence-corrected chi connectivity index (χ1v) is 9.95. The van der Waals surface area contributed by atoms with Crippen molar-refractivity contribution in [2.75, 3.05) is 13.2 Å². The molecule has 0 bridgehead atoms. The molecule has 0 radical (unpaired) electrons. The van der Waals surface area contributed by atoms with Crippen molar-refractivity contribution < 1.29 is 19.3 Å². The summed E-state index contributed by atoms with van der Waals surface area (Å²) in [6.07, 6.45) is 11.0. The van der Waals surface area contributed by atoms with Crippen LogP contribution in [0, 0.1) is 17.8 Å². The molecule has 0 aromatic heterocycles. The van der Waals surface area contributed by atoms with Gasteiger partial charge in [-0.25, -0.2) is 0 Å². The summed E-state index contributed by atoms with van der Waals surface area (Å²) in [5, 5.41) is 10.5. The third-order valence-corrected chi connectivity index (χ3v) is 6.08. The van der Waals surface area contributed by atoms with Crippen molar-refractivity contribution in [1.82, 2.24) is 0 Å². The molecule has 2 aliphatic carbocycles. The van der Waals surface area contributed by atoms with Crippen LogP contribution in [0.3, 0.4) is 0 Å². The highest BCUT2D eigenvalue weighted by atomic mass is 16.5. The lowest BCUT2D eigenvalue weighted by atomic mass is 9.74. The van der Waals surface area contributed by atoms with Crippen LogP contribution in [-0.2, 0) is 14.2 Å². The monoisotopic (exact) mass is 358 g/mol. The van der Waals surface area contributed by atoms with Crippen molar-refractivity contribution in [3.63, 3.8) is 0 Å². The van der Waals surface area contributed by atoms with E-state index in [4.69, 9.17) is 14.2 Å². The first-order valence-electron chi connectivity index (χ1n) is 9.95. The maximum Gasteiger partial charge on any atom is 0.122 e. The molecule has 2 aliphatic heterocycles. The second-order valence-electron chi connectivity index (χ2n) is 8.46. The first kappa shape index (κ1) is 17.6. The van der Waals surface area contributed by atoms with Crippen LogP contribution in [0.4, 0.5) is 0 Å². The molecule has 26 heavy (non-hydrogen) atoms. The summed E-state index contributed by atoms with van der Waals surface area (Å²) in [7, 11) is 0. The fraction of sp³-hybridized carbons (Fsp3) is 0.636. The Bertz CT molecular complexity index is 695. The highest BCUT2D eigenvalue weighted by Crippen LogP contribution is 2.47. The lowest BCUT2D eigenvalue weighted by Crippen LogP contribution is -2.36. The first-order chi connectivity index (χ1) is 12.5. The van der Waals surface area contributed by atoms with E-state index < -0.39 is 0 Å². The minimum Gasteiger partial charge on any atom is -0.512 e. The van der Waals surface area contributed by atoms with Crippen LogP contribution in [0.15, 0.2) is 46.8 Å². The van der Waals surface area contributed by atoms with Crippen molar-refractivity contribution in [3.05, 3.63) is 46.8 Å². The van der Waals surface area contributed by atoms with E-state index in [2.05, 4.69) is 26.0 Å². The number of hydrogen-bond acceptors (Lipinski definition) is 4. The molecular weight excluding hydrogens is 328 g/mol. The largest absolute Gasteiger partial charge is 0.512 e. The Morgan fingerprint density at radius 1 is 1.27 bits per heavy atom. The van der Waals surface area contributed by atoms with Gasteiger partial charge in [0.1, 0.15) is 22.9 Å². The van der Waals surface area contributed by atoms with E-state index >= 15 is 0 Å². The van der Waals surface area contributed by atoms with Gasteiger partial charge in [0.25, 0.3) is 0 Å². The zero-order valence-electron chi connectivity index (χ0n) is 16.1. The van der Waals surface area contributed by atoms with Gasteiger partial charge in [0.15, 0.2) is 0 Å². The molecule has 4 nitrogen and oxygen atoms in total. The molecule has 2 saturated heterocycles. The second-order valence-corrected chi connectivity index (χ2v) is 8.46. The van der Waals surface area contributed by atoms with Crippen LogP contribution >= 0.6 is 0 Å². The van der Waals surface area contributed by atoms with Crippen LogP contribution < -0.4 is 0 Å². The van der Waals surface area contributed by atoms with Gasteiger partial charge >= 0.3 is 0 Å². The lowest BCUT2D eigenvalue weighted by molar-refractivity contribution is -0.00126. The molecule has 3 atom stereocenters. The van der Waals surface area contributed by atoms with Crippen molar-refractivity contribution in [2.45, 2.75) is 58.5 Å². The molecule has 4 heteroatoms. The maximum atomic E-state index is 10.5. The van der Waals surface area contributed by atoms with Gasteiger partial charge in [-0.05, 0) is 65.0 Å². The Labute approximate surface area is 156 Å². The molecular formula is C22H30O4. The molecule has 0 aromatic rings. The van der Waals surface area contributed by atoms with Crippen molar-refractivity contribution in [2.24, 2.45) is 17.8 Å². The molecule has 0 saturated carbocycles. The molecule has 4 aliphatic rings. The predicted molar refractivity (Wildman–Crippen MR) is 100 cm³/mol. The predicted octanol–water partition coefficient (Wildman–Crippen LogP) is 5.15. The third-order valence-electron chi connectivity index (χ3n) is 6.08. The standard InChI is InChI=1S/C22H30O4/c1-4-24-16-6-7-17(19(23)12-16)15-11-14-5-8-20-18(21(14)25-13-15)9-10-22(2,3)26-20/h6,8,12,14-15,17,23H,4-5,7,9-11,13H2,1-3H3/t14?,15-,17?/m0/s1. The number of rotatable bonds is 3. The highest BCUT2D eigenvalue weighted by Gasteiger charge is 2.40. The van der Waals surface area contributed by atoms with Crippen LogP contribution in [0.1, 0.15) is 52.9 Å². The molecule has 1 N–H and O–H groups in total. The average Bonchev–Trinajstić information content (AvgIpc) is 2.60. The van der Waals surface area contributed by atoms with E-state index in [1.54, 1.807) is 6.08 Å².